The van der Waals surface area contributed by atoms with Gasteiger partial charge in [-0.1, -0.05) is 35.9 Å². The smallest absolute Gasteiger partial charge is 0.266 e. The highest BCUT2D eigenvalue weighted by molar-refractivity contribution is 6.34. The van der Waals surface area contributed by atoms with Gasteiger partial charge in [-0.15, -0.1) is 0 Å². The first kappa shape index (κ1) is 22.5. The summed E-state index contributed by atoms with van der Waals surface area (Å²) in [4.78, 5) is 39.5. The Hall–Kier alpha value is -4.30. The predicted octanol–water partition coefficient (Wildman–Crippen LogP) is 5.09. The molecule has 1 aliphatic rings. The number of aromatic nitrogens is 2. The molecule has 9 heteroatoms. The molecular formula is C26H18ClFN4O3. The maximum absolute atomic E-state index is 13.3. The summed E-state index contributed by atoms with van der Waals surface area (Å²) in [5.41, 5.74) is 2.67. The lowest BCUT2D eigenvalue weighted by Crippen LogP contribution is -2.29. The molecule has 35 heavy (non-hydrogen) atoms. The largest absolute Gasteiger partial charge is 0.305 e. The van der Waals surface area contributed by atoms with Crippen molar-refractivity contribution in [2.24, 2.45) is 0 Å². The molecule has 1 N–H and O–H groups in total. The van der Waals surface area contributed by atoms with Crippen molar-refractivity contribution in [1.29, 1.82) is 0 Å². The van der Waals surface area contributed by atoms with E-state index in [0.717, 1.165) is 10.6 Å². The molecule has 0 aliphatic carbocycles. The fourth-order valence-electron chi connectivity index (χ4n) is 3.94. The fourth-order valence-corrected chi connectivity index (χ4v) is 4.17. The maximum atomic E-state index is 13.3. The zero-order valence-electron chi connectivity index (χ0n) is 18.5. The molecule has 0 saturated heterocycles. The lowest BCUT2D eigenvalue weighted by molar-refractivity contribution is 0.0924. The summed E-state index contributed by atoms with van der Waals surface area (Å²) in [6, 6.07) is 18.7. The highest BCUT2D eigenvalue weighted by atomic mass is 35.5. The fraction of sp³-hybridized carbons (Fsp3) is 0.0769. The number of rotatable bonds is 5. The monoisotopic (exact) mass is 488 g/mol. The van der Waals surface area contributed by atoms with Crippen LogP contribution in [0.1, 0.15) is 42.3 Å². The second kappa shape index (κ2) is 8.81. The van der Waals surface area contributed by atoms with E-state index in [1.54, 1.807) is 59.3 Å². The molecule has 174 valence electrons. The molecule has 0 saturated carbocycles. The number of amides is 3. The molecule has 2 heterocycles. The molecule has 0 unspecified atom stereocenters. The van der Waals surface area contributed by atoms with Gasteiger partial charge in [0.15, 0.2) is 5.82 Å². The number of nitrogens with zero attached hydrogens (tertiary/aromatic N) is 3. The van der Waals surface area contributed by atoms with Crippen LogP contribution in [-0.2, 0) is 6.54 Å². The Kier molecular flexibility index (Phi) is 5.66. The number of benzene rings is 3. The van der Waals surface area contributed by atoms with E-state index in [4.69, 9.17) is 11.6 Å². The molecule has 1 aliphatic heterocycles. The van der Waals surface area contributed by atoms with Crippen molar-refractivity contribution in [3.63, 3.8) is 0 Å². The van der Waals surface area contributed by atoms with Crippen LogP contribution in [0.4, 0.5) is 15.9 Å². The molecule has 1 aromatic heterocycles. The second-order valence-corrected chi connectivity index (χ2v) is 8.47. The Morgan fingerprint density at radius 3 is 2.37 bits per heavy atom. The van der Waals surface area contributed by atoms with Gasteiger partial charge in [0.05, 0.1) is 23.4 Å². The Balaban J connectivity index is 1.34. The van der Waals surface area contributed by atoms with Gasteiger partial charge in [0.2, 0.25) is 0 Å². The number of halogens is 2. The van der Waals surface area contributed by atoms with Gasteiger partial charge in [-0.2, -0.15) is 5.10 Å². The van der Waals surface area contributed by atoms with E-state index >= 15 is 0 Å². The molecule has 3 aromatic carbocycles. The van der Waals surface area contributed by atoms with E-state index in [1.165, 1.54) is 18.2 Å². The van der Waals surface area contributed by atoms with Gasteiger partial charge in [0, 0.05) is 22.3 Å². The second-order valence-electron chi connectivity index (χ2n) is 8.06. The van der Waals surface area contributed by atoms with Crippen molar-refractivity contribution >= 4 is 40.8 Å². The predicted molar refractivity (Wildman–Crippen MR) is 129 cm³/mol. The van der Waals surface area contributed by atoms with E-state index in [2.05, 4.69) is 10.4 Å². The summed E-state index contributed by atoms with van der Waals surface area (Å²) in [6.07, 6.45) is 0. The van der Waals surface area contributed by atoms with Gasteiger partial charge in [-0.05, 0) is 55.0 Å². The number of nitrogens with one attached hydrogen (secondary N) is 1. The molecular weight excluding hydrogens is 471 g/mol. The Bertz CT molecular complexity index is 1480. The average molecular weight is 489 g/mol. The minimum Gasteiger partial charge on any atom is -0.305 e. The van der Waals surface area contributed by atoms with Gasteiger partial charge in [-0.3, -0.25) is 19.1 Å². The van der Waals surface area contributed by atoms with E-state index in [9.17, 15) is 18.8 Å². The quantitative estimate of drug-likeness (QED) is 0.397. The highest BCUT2D eigenvalue weighted by Crippen LogP contribution is 2.29. The van der Waals surface area contributed by atoms with Crippen LogP contribution in [0.3, 0.4) is 0 Å². The number of imide groups is 1. The van der Waals surface area contributed by atoms with Crippen molar-refractivity contribution in [2.45, 2.75) is 13.5 Å². The summed E-state index contributed by atoms with van der Waals surface area (Å²) in [5, 5.41) is 7.42. The first-order valence-electron chi connectivity index (χ1n) is 10.7. The molecule has 7 nitrogen and oxygen atoms in total. The lowest BCUT2D eigenvalue weighted by Gasteiger charge is -2.14. The zero-order chi connectivity index (χ0) is 24.7. The topological polar surface area (TPSA) is 84.3 Å². The first-order valence-corrected chi connectivity index (χ1v) is 11.1. The first-order chi connectivity index (χ1) is 16.8. The molecule has 0 fully saturated rings. The summed E-state index contributed by atoms with van der Waals surface area (Å²) in [6.45, 7) is 2.12. The third-order valence-corrected chi connectivity index (χ3v) is 6.07. The number of anilines is 2. The Morgan fingerprint density at radius 2 is 1.69 bits per heavy atom. The molecule has 0 radical (unpaired) electrons. The highest BCUT2D eigenvalue weighted by Gasteiger charge is 2.36. The lowest BCUT2D eigenvalue weighted by atomic mass is 10.1. The van der Waals surface area contributed by atoms with Gasteiger partial charge < -0.3 is 5.32 Å². The molecule has 0 bridgehead atoms. The molecule has 0 spiro atoms. The van der Waals surface area contributed by atoms with Crippen LogP contribution in [0, 0.1) is 12.7 Å². The summed E-state index contributed by atoms with van der Waals surface area (Å²) in [5.74, 6) is -1.42. The maximum Gasteiger partial charge on any atom is 0.266 e. The third-order valence-electron chi connectivity index (χ3n) is 5.72. The van der Waals surface area contributed by atoms with Crippen LogP contribution in [-0.4, -0.2) is 27.5 Å². The molecule has 3 amide bonds. The van der Waals surface area contributed by atoms with E-state index in [0.29, 0.717) is 34.7 Å². The zero-order valence-corrected chi connectivity index (χ0v) is 19.2. The number of hydrogen-bond donors (Lipinski definition) is 1. The number of hydrogen-bond acceptors (Lipinski definition) is 4. The number of carbonyl (C=O) groups excluding carboxylic acids is 3. The summed E-state index contributed by atoms with van der Waals surface area (Å²) >= 11 is 6.12. The van der Waals surface area contributed by atoms with Crippen LogP contribution in [0.2, 0.25) is 5.02 Å². The van der Waals surface area contributed by atoms with Gasteiger partial charge in [0.25, 0.3) is 17.7 Å². The Labute approximate surface area is 204 Å². The van der Waals surface area contributed by atoms with Crippen LogP contribution in [0.25, 0.3) is 0 Å². The number of fused-ring (bicyclic) bond motifs is 1. The minimum atomic E-state index is -0.451. The van der Waals surface area contributed by atoms with Crippen molar-refractivity contribution in [3.05, 3.63) is 112 Å². The average Bonchev–Trinajstić information content (AvgIpc) is 3.31. The SMILES string of the molecule is Cc1cc(NC(=O)c2cccc(N3C(=O)c4ccccc4C3=O)c2)nn1Cc1ccc(F)cc1Cl. The summed E-state index contributed by atoms with van der Waals surface area (Å²) in [7, 11) is 0. The van der Waals surface area contributed by atoms with E-state index in [-0.39, 0.29) is 10.6 Å². The van der Waals surface area contributed by atoms with Crippen LogP contribution in [0.5, 0.6) is 0 Å². The van der Waals surface area contributed by atoms with Gasteiger partial charge >= 0.3 is 0 Å². The number of carbonyl (C=O) groups is 3. The Morgan fingerprint density at radius 1 is 0.971 bits per heavy atom. The van der Waals surface area contributed by atoms with Crippen LogP contribution in [0.15, 0.2) is 72.8 Å². The van der Waals surface area contributed by atoms with Crippen LogP contribution < -0.4 is 10.2 Å². The van der Waals surface area contributed by atoms with Crippen molar-refractivity contribution in [1.82, 2.24) is 9.78 Å². The van der Waals surface area contributed by atoms with Crippen LogP contribution >= 0.6 is 11.6 Å². The molecule has 0 atom stereocenters. The van der Waals surface area contributed by atoms with E-state index < -0.39 is 23.5 Å². The van der Waals surface area contributed by atoms with Gasteiger partial charge in [0.1, 0.15) is 5.82 Å². The van der Waals surface area contributed by atoms with E-state index in [1.807, 2.05) is 6.92 Å². The van der Waals surface area contributed by atoms with Crippen molar-refractivity contribution in [3.8, 4) is 0 Å². The van der Waals surface area contributed by atoms with Crippen molar-refractivity contribution < 1.29 is 18.8 Å². The number of aryl methyl sites for hydroxylation is 1. The molecule has 5 rings (SSSR count). The van der Waals surface area contributed by atoms with Gasteiger partial charge in [-0.25, -0.2) is 9.29 Å². The third kappa shape index (κ3) is 4.20. The minimum absolute atomic E-state index is 0.257. The molecule has 4 aromatic rings. The van der Waals surface area contributed by atoms with Crippen molar-refractivity contribution in [2.75, 3.05) is 10.2 Å². The summed E-state index contributed by atoms with van der Waals surface area (Å²) < 4.78 is 15.0. The standard InChI is InChI=1S/C26H18ClFN4O3/c1-15-11-23(30-31(15)14-17-9-10-18(28)13-22(17)27)29-24(33)16-5-4-6-19(12-16)32-25(34)20-7-2-3-8-21(20)26(32)35/h2-13H,14H2,1H3,(H,29,30,33). The normalized spacial score (nSPS) is 12.7.